The number of ketones is 1. The molecule has 0 spiro atoms. The van der Waals surface area contributed by atoms with Crippen molar-refractivity contribution in [2.24, 2.45) is 11.8 Å². The Bertz CT molecular complexity index is 734. The minimum Gasteiger partial charge on any atom is -0.497 e. The highest BCUT2D eigenvalue weighted by atomic mass is 16.5. The normalized spacial score (nSPS) is 22.4. The van der Waals surface area contributed by atoms with E-state index in [4.69, 9.17) is 9.47 Å². The van der Waals surface area contributed by atoms with Gasteiger partial charge in [0, 0.05) is 42.4 Å². The predicted molar refractivity (Wildman–Crippen MR) is 90.2 cm³/mol. The molecule has 0 unspecified atom stereocenters. The number of amides is 2. The van der Waals surface area contributed by atoms with Crippen LogP contribution in [0.4, 0.5) is 5.69 Å². The Balaban J connectivity index is 1.84. The van der Waals surface area contributed by atoms with Gasteiger partial charge in [-0.15, -0.1) is 0 Å². The summed E-state index contributed by atoms with van der Waals surface area (Å²) in [6.45, 7) is 0. The summed E-state index contributed by atoms with van der Waals surface area (Å²) in [7, 11) is 3.03. The Kier molecular flexibility index (Phi) is 4.74. The smallest absolute Gasteiger partial charge is 0.229 e. The van der Waals surface area contributed by atoms with Gasteiger partial charge in [-0.05, 0) is 6.42 Å². The molecule has 0 bridgehead atoms. The van der Waals surface area contributed by atoms with Gasteiger partial charge < -0.3 is 20.1 Å². The molecule has 0 saturated carbocycles. The maximum Gasteiger partial charge on any atom is 0.229 e. The molecule has 3 rings (SSSR count). The molecule has 7 nitrogen and oxygen atoms in total. The van der Waals surface area contributed by atoms with Crippen molar-refractivity contribution in [3.63, 3.8) is 0 Å². The first kappa shape index (κ1) is 17.0. The van der Waals surface area contributed by atoms with E-state index in [1.54, 1.807) is 18.2 Å². The fraction of sp³-hybridized carbons (Fsp3) is 0.389. The van der Waals surface area contributed by atoms with E-state index in [1.165, 1.54) is 14.2 Å². The van der Waals surface area contributed by atoms with E-state index in [-0.39, 0.29) is 24.0 Å². The molecule has 2 amide bonds. The van der Waals surface area contributed by atoms with Gasteiger partial charge in [-0.3, -0.25) is 14.4 Å². The van der Waals surface area contributed by atoms with Crippen LogP contribution >= 0.6 is 0 Å². The SMILES string of the molecule is COc1cc(NC(=O)[C@@H]2CC(=O)NC3=CCCC(=O)[C@@H]32)cc(OC)c1. The highest BCUT2D eigenvalue weighted by molar-refractivity contribution is 6.02. The fourth-order valence-corrected chi connectivity index (χ4v) is 3.28. The molecule has 132 valence electrons. The van der Waals surface area contributed by atoms with Crippen molar-refractivity contribution in [2.75, 3.05) is 19.5 Å². The van der Waals surface area contributed by atoms with Gasteiger partial charge in [-0.2, -0.15) is 0 Å². The average molecular weight is 344 g/mol. The van der Waals surface area contributed by atoms with E-state index in [2.05, 4.69) is 10.6 Å². The number of hydrogen-bond donors (Lipinski definition) is 2. The fourth-order valence-electron chi connectivity index (χ4n) is 3.28. The first-order valence-corrected chi connectivity index (χ1v) is 8.08. The van der Waals surface area contributed by atoms with Crippen LogP contribution in [0.1, 0.15) is 19.3 Å². The van der Waals surface area contributed by atoms with E-state index in [0.29, 0.717) is 35.7 Å². The van der Waals surface area contributed by atoms with Crippen LogP contribution in [0.2, 0.25) is 0 Å². The Labute approximate surface area is 145 Å². The zero-order chi connectivity index (χ0) is 18.0. The Morgan fingerprint density at radius 2 is 1.84 bits per heavy atom. The summed E-state index contributed by atoms with van der Waals surface area (Å²) in [6, 6.07) is 5.00. The second kappa shape index (κ2) is 6.96. The monoisotopic (exact) mass is 344 g/mol. The Morgan fingerprint density at radius 1 is 1.16 bits per heavy atom. The van der Waals surface area contributed by atoms with Crippen molar-refractivity contribution >= 4 is 23.3 Å². The van der Waals surface area contributed by atoms with Crippen molar-refractivity contribution in [3.05, 3.63) is 30.0 Å². The first-order chi connectivity index (χ1) is 12.0. The highest BCUT2D eigenvalue weighted by Crippen LogP contribution is 2.34. The molecule has 1 aliphatic heterocycles. The van der Waals surface area contributed by atoms with Crippen LogP contribution in [0, 0.1) is 11.8 Å². The molecule has 1 heterocycles. The molecule has 1 aromatic carbocycles. The number of Topliss-reactive ketones (excluding diaryl/α,β-unsaturated/α-hetero) is 1. The molecule has 2 N–H and O–H groups in total. The maximum atomic E-state index is 12.8. The van der Waals surface area contributed by atoms with Gasteiger partial charge in [0.15, 0.2) is 0 Å². The zero-order valence-electron chi connectivity index (χ0n) is 14.1. The molecule has 1 saturated heterocycles. The van der Waals surface area contributed by atoms with Crippen LogP contribution in [0.5, 0.6) is 11.5 Å². The number of piperidine rings is 1. The van der Waals surface area contributed by atoms with E-state index in [0.717, 1.165) is 0 Å². The number of benzene rings is 1. The van der Waals surface area contributed by atoms with Crippen molar-refractivity contribution in [1.29, 1.82) is 0 Å². The molecule has 0 radical (unpaired) electrons. The van der Waals surface area contributed by atoms with Crippen LogP contribution in [-0.4, -0.2) is 31.8 Å². The highest BCUT2D eigenvalue weighted by Gasteiger charge is 2.42. The second-order valence-electron chi connectivity index (χ2n) is 6.09. The molecule has 2 atom stereocenters. The number of anilines is 1. The van der Waals surface area contributed by atoms with Crippen LogP contribution in [0.25, 0.3) is 0 Å². The lowest BCUT2D eigenvalue weighted by atomic mass is 9.76. The average Bonchev–Trinajstić information content (AvgIpc) is 2.60. The molecular weight excluding hydrogens is 324 g/mol. The van der Waals surface area contributed by atoms with Crippen LogP contribution in [-0.2, 0) is 14.4 Å². The van der Waals surface area contributed by atoms with Gasteiger partial charge in [0.1, 0.15) is 17.3 Å². The lowest BCUT2D eigenvalue weighted by molar-refractivity contribution is -0.135. The van der Waals surface area contributed by atoms with Gasteiger partial charge >= 0.3 is 0 Å². The van der Waals surface area contributed by atoms with E-state index in [9.17, 15) is 14.4 Å². The number of nitrogens with one attached hydrogen (secondary N) is 2. The number of carbonyl (C=O) groups excluding carboxylic acids is 3. The van der Waals surface area contributed by atoms with Gasteiger partial charge in [0.05, 0.1) is 26.1 Å². The van der Waals surface area contributed by atoms with Crippen molar-refractivity contribution in [2.45, 2.75) is 19.3 Å². The van der Waals surface area contributed by atoms with Crippen LogP contribution < -0.4 is 20.1 Å². The van der Waals surface area contributed by atoms with E-state index >= 15 is 0 Å². The van der Waals surface area contributed by atoms with E-state index < -0.39 is 11.8 Å². The Hall–Kier alpha value is -2.83. The number of rotatable bonds is 4. The number of fused-ring (bicyclic) bond motifs is 1. The molecule has 25 heavy (non-hydrogen) atoms. The van der Waals surface area contributed by atoms with Gasteiger partial charge in [0.25, 0.3) is 0 Å². The number of hydrogen-bond acceptors (Lipinski definition) is 5. The Morgan fingerprint density at radius 3 is 2.48 bits per heavy atom. The van der Waals surface area contributed by atoms with Gasteiger partial charge in [-0.1, -0.05) is 6.08 Å². The number of carbonyl (C=O) groups is 3. The molecule has 1 aliphatic carbocycles. The summed E-state index contributed by atoms with van der Waals surface area (Å²) in [6.07, 6.45) is 2.80. The number of methoxy groups -OCH3 is 2. The number of allylic oxidation sites excluding steroid dienone is 2. The third kappa shape index (κ3) is 3.50. The molecule has 2 aliphatic rings. The van der Waals surface area contributed by atoms with E-state index in [1.807, 2.05) is 6.08 Å². The summed E-state index contributed by atoms with van der Waals surface area (Å²) in [5, 5.41) is 5.49. The zero-order valence-corrected chi connectivity index (χ0v) is 14.1. The molecule has 7 heteroatoms. The molecular formula is C18H20N2O5. The molecule has 1 fully saturated rings. The van der Waals surface area contributed by atoms with Crippen LogP contribution in [0.15, 0.2) is 30.0 Å². The lowest BCUT2D eigenvalue weighted by Gasteiger charge is -2.34. The minimum absolute atomic E-state index is 0.0131. The van der Waals surface area contributed by atoms with Crippen molar-refractivity contribution in [3.8, 4) is 11.5 Å². The number of ether oxygens (including phenoxy) is 2. The summed E-state index contributed by atoms with van der Waals surface area (Å²) in [4.78, 5) is 37.0. The topological polar surface area (TPSA) is 93.7 Å². The summed E-state index contributed by atoms with van der Waals surface area (Å²) in [5.74, 6) is -0.863. The van der Waals surface area contributed by atoms with Crippen molar-refractivity contribution in [1.82, 2.24) is 5.32 Å². The third-order valence-corrected chi connectivity index (χ3v) is 4.48. The summed E-state index contributed by atoms with van der Waals surface area (Å²) >= 11 is 0. The minimum atomic E-state index is -0.718. The molecule has 0 aromatic heterocycles. The standard InChI is InChI=1S/C18H20N2O5/c1-24-11-6-10(7-12(8-11)25-2)19-18(23)13-9-16(22)20-14-4-3-5-15(21)17(13)14/h4,6-8,13,17H,3,5,9H2,1-2H3,(H,19,23)(H,20,22)/t13-,17-/m1/s1. The predicted octanol–water partition coefficient (Wildman–Crippen LogP) is 1.64. The van der Waals surface area contributed by atoms with Gasteiger partial charge in [-0.25, -0.2) is 0 Å². The van der Waals surface area contributed by atoms with Crippen LogP contribution in [0.3, 0.4) is 0 Å². The first-order valence-electron chi connectivity index (χ1n) is 8.08. The maximum absolute atomic E-state index is 12.8. The largest absolute Gasteiger partial charge is 0.497 e. The third-order valence-electron chi connectivity index (χ3n) is 4.48. The summed E-state index contributed by atoms with van der Waals surface area (Å²) in [5.41, 5.74) is 1.04. The quantitative estimate of drug-likeness (QED) is 0.866. The lowest BCUT2D eigenvalue weighted by Crippen LogP contribution is -2.47. The summed E-state index contributed by atoms with van der Waals surface area (Å²) < 4.78 is 10.4. The molecule has 1 aromatic rings. The van der Waals surface area contributed by atoms with Crippen molar-refractivity contribution < 1.29 is 23.9 Å². The van der Waals surface area contributed by atoms with Gasteiger partial charge in [0.2, 0.25) is 11.8 Å². The second-order valence-corrected chi connectivity index (χ2v) is 6.09.